The molecule has 4 heteroatoms. The average molecular weight is 797 g/mol. The molecule has 4 aliphatic rings. The van der Waals surface area contributed by atoms with Crippen molar-refractivity contribution < 1.29 is 4.42 Å². The Balaban J connectivity index is 1.15. The van der Waals surface area contributed by atoms with Gasteiger partial charge in [0.1, 0.15) is 11.2 Å². The van der Waals surface area contributed by atoms with Crippen LogP contribution in [0.1, 0.15) is 76.3 Å². The summed E-state index contributed by atoms with van der Waals surface area (Å²) in [6.45, 7) is 16.4. The van der Waals surface area contributed by atoms with E-state index >= 15 is 0 Å². The Kier molecular flexibility index (Phi) is 6.29. The molecule has 14 rings (SSSR count). The van der Waals surface area contributed by atoms with Gasteiger partial charge in [-0.05, 0) is 127 Å². The van der Waals surface area contributed by atoms with Gasteiger partial charge in [0.05, 0.1) is 11.0 Å². The minimum atomic E-state index is -0.142. The normalized spacial score (nSPS) is 15.9. The highest BCUT2D eigenvalue weighted by molar-refractivity contribution is 6.93. The molecule has 0 unspecified atom stereocenters. The van der Waals surface area contributed by atoms with E-state index in [0.29, 0.717) is 0 Å². The molecule has 0 saturated heterocycles. The molecule has 62 heavy (non-hydrogen) atoms. The highest BCUT2D eigenvalue weighted by Crippen LogP contribution is 2.56. The second kappa shape index (κ2) is 11.2. The van der Waals surface area contributed by atoms with Gasteiger partial charge in [0.25, 0.3) is 0 Å². The van der Waals surface area contributed by atoms with Crippen molar-refractivity contribution in [2.24, 2.45) is 0 Å². The van der Waals surface area contributed by atoms with Crippen LogP contribution in [0.25, 0.3) is 82.8 Å². The van der Waals surface area contributed by atoms with E-state index in [1.54, 1.807) is 0 Å². The van der Waals surface area contributed by atoms with Crippen molar-refractivity contribution in [3.05, 3.63) is 173 Å². The summed E-state index contributed by atoms with van der Waals surface area (Å²) in [5.74, 6) is 0. The van der Waals surface area contributed by atoms with Crippen LogP contribution in [0.4, 0.5) is 11.4 Å². The van der Waals surface area contributed by atoms with Gasteiger partial charge < -0.3 is 13.8 Å². The maximum Gasteiger partial charge on any atom is 0.333 e. The number of nitrogens with zero attached hydrogens (tertiary/aromatic N) is 2. The molecular formula is C58H45BN2O. The molecule has 0 saturated carbocycles. The van der Waals surface area contributed by atoms with Crippen LogP contribution in [-0.4, -0.2) is 11.4 Å². The van der Waals surface area contributed by atoms with Crippen molar-refractivity contribution in [2.45, 2.75) is 64.7 Å². The Hall–Kier alpha value is -6.78. The zero-order valence-corrected chi connectivity index (χ0v) is 36.2. The number of rotatable bonds is 1. The third-order valence-electron chi connectivity index (χ3n) is 15.5. The molecule has 0 N–H and O–H groups in total. The fourth-order valence-electron chi connectivity index (χ4n) is 12.4. The van der Waals surface area contributed by atoms with Gasteiger partial charge in [-0.25, -0.2) is 0 Å². The van der Waals surface area contributed by atoms with E-state index in [0.717, 1.165) is 21.9 Å². The molecule has 4 heterocycles. The Bertz CT molecular complexity index is 3680. The Morgan fingerprint density at radius 2 is 1.15 bits per heavy atom. The molecule has 2 aromatic heterocycles. The van der Waals surface area contributed by atoms with E-state index in [2.05, 4.69) is 203 Å². The summed E-state index contributed by atoms with van der Waals surface area (Å²) in [6, 6.07) is 55.9. The van der Waals surface area contributed by atoms with Crippen LogP contribution >= 0.6 is 0 Å². The highest BCUT2D eigenvalue weighted by atomic mass is 16.3. The summed E-state index contributed by atoms with van der Waals surface area (Å²) in [5.41, 5.74) is 25.3. The quantitative estimate of drug-likeness (QED) is 0.154. The monoisotopic (exact) mass is 796 g/mol. The summed E-state index contributed by atoms with van der Waals surface area (Å²) >= 11 is 0. The third kappa shape index (κ3) is 4.14. The standard InChI is InChI=1S/C58H45BN2O/c1-56(2,3)32-20-22-33(23-21-32)61-50-30-47-39(34-14-8-12-18-45(34)58(47,6)7)26-41(50)37-24-25-38-42-27-40-35-15-9-11-17-44(35)57(4,5)46(40)29-49(42)60-51-28-43-36-16-10-13-19-52(36)62-53(43)31-48(51)59(61)54(37)55(38)60/h8-31H,1-7H3. The van der Waals surface area contributed by atoms with Crippen LogP contribution in [0, 0.1) is 0 Å². The molecule has 10 aromatic rings. The molecule has 0 fully saturated rings. The van der Waals surface area contributed by atoms with E-state index in [9.17, 15) is 0 Å². The van der Waals surface area contributed by atoms with Gasteiger partial charge in [-0.15, -0.1) is 0 Å². The molecule has 0 radical (unpaired) electrons. The van der Waals surface area contributed by atoms with Gasteiger partial charge in [-0.1, -0.05) is 139 Å². The predicted molar refractivity (Wildman–Crippen MR) is 261 cm³/mol. The number of fused-ring (bicyclic) bond motifs is 17. The Morgan fingerprint density at radius 3 is 1.87 bits per heavy atom. The van der Waals surface area contributed by atoms with Gasteiger partial charge in [0.2, 0.25) is 0 Å². The van der Waals surface area contributed by atoms with Gasteiger partial charge in [0.15, 0.2) is 0 Å². The topological polar surface area (TPSA) is 21.3 Å². The molecule has 0 atom stereocenters. The zero-order valence-electron chi connectivity index (χ0n) is 36.2. The predicted octanol–water partition coefficient (Wildman–Crippen LogP) is 13.8. The first-order chi connectivity index (χ1) is 29.9. The van der Waals surface area contributed by atoms with E-state index in [4.69, 9.17) is 4.42 Å². The largest absolute Gasteiger partial charge is 0.456 e. The first kappa shape index (κ1) is 34.9. The second-order valence-corrected chi connectivity index (χ2v) is 20.5. The van der Waals surface area contributed by atoms with Gasteiger partial charge in [-0.2, -0.15) is 0 Å². The maximum absolute atomic E-state index is 6.77. The summed E-state index contributed by atoms with van der Waals surface area (Å²) in [6.07, 6.45) is 0. The smallest absolute Gasteiger partial charge is 0.333 e. The Labute approximate surface area is 362 Å². The van der Waals surface area contributed by atoms with Crippen LogP contribution in [-0.2, 0) is 16.2 Å². The lowest BCUT2D eigenvalue weighted by Gasteiger charge is -2.42. The molecule has 2 aliphatic heterocycles. The van der Waals surface area contributed by atoms with Crippen LogP contribution in [0.5, 0.6) is 0 Å². The van der Waals surface area contributed by atoms with E-state index in [-0.39, 0.29) is 23.1 Å². The number of para-hydroxylation sites is 1. The lowest BCUT2D eigenvalue weighted by atomic mass is 9.44. The highest BCUT2D eigenvalue weighted by Gasteiger charge is 2.47. The van der Waals surface area contributed by atoms with Crippen molar-refractivity contribution in [3.8, 4) is 39.1 Å². The summed E-state index contributed by atoms with van der Waals surface area (Å²) in [5, 5.41) is 4.90. The van der Waals surface area contributed by atoms with Gasteiger partial charge in [-0.3, -0.25) is 0 Å². The fraction of sp³-hybridized carbons (Fsp3) is 0.172. The Morgan fingerprint density at radius 1 is 0.484 bits per heavy atom. The summed E-state index contributed by atoms with van der Waals surface area (Å²) < 4.78 is 9.41. The van der Waals surface area contributed by atoms with Crippen LogP contribution in [0.2, 0.25) is 0 Å². The SMILES string of the molecule is CC(C)(C)c1ccc(N2B3c4cc5oc6ccccc6c5cc4-n4c5cc6c(cc5c5ccc(c3c54)-c3cc4c(cc32)C(C)(C)c2ccccc2-4)-c2ccccc2C6(C)C)cc1. The molecular weight excluding hydrogens is 751 g/mol. The molecule has 296 valence electrons. The van der Waals surface area contributed by atoms with E-state index < -0.39 is 0 Å². The molecule has 0 spiro atoms. The lowest BCUT2D eigenvalue weighted by molar-refractivity contribution is 0.590. The van der Waals surface area contributed by atoms with Crippen molar-refractivity contribution in [3.63, 3.8) is 0 Å². The van der Waals surface area contributed by atoms with Crippen LogP contribution in [0.3, 0.4) is 0 Å². The minimum Gasteiger partial charge on any atom is -0.456 e. The summed E-state index contributed by atoms with van der Waals surface area (Å²) in [4.78, 5) is 2.68. The lowest BCUT2D eigenvalue weighted by Crippen LogP contribution is -2.60. The first-order valence-corrected chi connectivity index (χ1v) is 22.3. The fourth-order valence-corrected chi connectivity index (χ4v) is 12.4. The molecule has 0 amide bonds. The molecule has 3 nitrogen and oxygen atoms in total. The van der Waals surface area contributed by atoms with E-state index in [1.807, 2.05) is 0 Å². The maximum atomic E-state index is 6.77. The van der Waals surface area contributed by atoms with Gasteiger partial charge >= 0.3 is 6.85 Å². The van der Waals surface area contributed by atoms with Crippen molar-refractivity contribution in [2.75, 3.05) is 4.81 Å². The first-order valence-electron chi connectivity index (χ1n) is 22.3. The van der Waals surface area contributed by atoms with Crippen molar-refractivity contribution >= 4 is 72.9 Å². The number of furan rings is 1. The number of benzene rings is 8. The number of hydrogen-bond acceptors (Lipinski definition) is 2. The average Bonchev–Trinajstić information content (AvgIpc) is 3.94. The van der Waals surface area contributed by atoms with Gasteiger partial charge in [0, 0.05) is 55.0 Å². The molecule has 0 bridgehead atoms. The minimum absolute atomic E-state index is 0.0361. The third-order valence-corrected chi connectivity index (χ3v) is 15.5. The number of aromatic nitrogens is 1. The second-order valence-electron chi connectivity index (χ2n) is 20.5. The van der Waals surface area contributed by atoms with Crippen LogP contribution < -0.4 is 15.7 Å². The summed E-state index contributed by atoms with van der Waals surface area (Å²) in [7, 11) is 0. The molecule has 2 aliphatic carbocycles. The molecule has 8 aromatic carbocycles. The van der Waals surface area contributed by atoms with Crippen molar-refractivity contribution in [1.29, 1.82) is 0 Å². The number of hydrogen-bond donors (Lipinski definition) is 0. The van der Waals surface area contributed by atoms with Crippen LogP contribution in [0.15, 0.2) is 150 Å². The van der Waals surface area contributed by atoms with Crippen molar-refractivity contribution in [1.82, 2.24) is 4.57 Å². The number of anilines is 2. The van der Waals surface area contributed by atoms with E-state index in [1.165, 1.54) is 111 Å². The zero-order chi connectivity index (χ0) is 41.8.